The van der Waals surface area contributed by atoms with Crippen molar-refractivity contribution in [3.8, 4) is 0 Å². The molecular weight excluding hydrogens is 216 g/mol. The zero-order valence-corrected chi connectivity index (χ0v) is 10.3. The number of fused-ring (bicyclic) bond motifs is 1. The maximum absolute atomic E-state index is 11.7. The molecule has 0 fully saturated rings. The van der Waals surface area contributed by atoms with Crippen LogP contribution in [0.2, 0.25) is 0 Å². The van der Waals surface area contributed by atoms with Crippen LogP contribution in [0.25, 0.3) is 5.52 Å². The molecule has 0 aliphatic heterocycles. The predicted octanol–water partition coefficient (Wildman–Crippen LogP) is 2.22. The second-order valence-electron chi connectivity index (χ2n) is 4.93. The van der Waals surface area contributed by atoms with Gasteiger partial charge in [0, 0.05) is 6.20 Å². The van der Waals surface area contributed by atoms with Crippen molar-refractivity contribution in [2.24, 2.45) is 0 Å². The summed E-state index contributed by atoms with van der Waals surface area (Å²) >= 11 is 0. The average molecular weight is 232 g/mol. The molecule has 0 amide bonds. The number of nitrogens with zero attached hydrogens (tertiary/aromatic N) is 2. The van der Waals surface area contributed by atoms with Crippen LogP contribution in [0, 0.1) is 0 Å². The number of carbonyl (C=O) groups excluding carboxylic acids is 1. The summed E-state index contributed by atoms with van der Waals surface area (Å²) in [5, 5.41) is 0. The van der Waals surface area contributed by atoms with Gasteiger partial charge in [-0.05, 0) is 32.9 Å². The minimum Gasteiger partial charge on any atom is -0.460 e. The summed E-state index contributed by atoms with van der Waals surface area (Å²) in [6, 6.07) is 5.80. The molecule has 2 aromatic heterocycles. The standard InChI is InChI=1S/C13H16N2O2/c1-13(2,3)17-12(16)8-11-14-9-10-6-4-5-7-15(10)11/h4-7,9H,8H2,1-3H3. The van der Waals surface area contributed by atoms with Gasteiger partial charge in [0.05, 0.1) is 11.7 Å². The van der Waals surface area contributed by atoms with E-state index in [4.69, 9.17) is 4.74 Å². The van der Waals surface area contributed by atoms with Gasteiger partial charge in [0.2, 0.25) is 0 Å². The van der Waals surface area contributed by atoms with Crippen molar-refractivity contribution in [1.82, 2.24) is 9.38 Å². The fourth-order valence-corrected chi connectivity index (χ4v) is 1.64. The normalized spacial score (nSPS) is 11.7. The number of pyridine rings is 1. The van der Waals surface area contributed by atoms with Crippen molar-refractivity contribution >= 4 is 11.5 Å². The van der Waals surface area contributed by atoms with Crippen molar-refractivity contribution in [1.29, 1.82) is 0 Å². The zero-order chi connectivity index (χ0) is 12.5. The van der Waals surface area contributed by atoms with Gasteiger partial charge in [-0.1, -0.05) is 6.07 Å². The second kappa shape index (κ2) is 4.20. The van der Waals surface area contributed by atoms with Crippen LogP contribution in [-0.2, 0) is 16.0 Å². The van der Waals surface area contributed by atoms with Gasteiger partial charge in [0.25, 0.3) is 0 Å². The van der Waals surface area contributed by atoms with Gasteiger partial charge in [-0.3, -0.25) is 4.79 Å². The Morgan fingerprint density at radius 2 is 2.18 bits per heavy atom. The third-order valence-electron chi connectivity index (χ3n) is 2.24. The Morgan fingerprint density at radius 1 is 1.41 bits per heavy atom. The van der Waals surface area contributed by atoms with Crippen LogP contribution in [0.15, 0.2) is 30.6 Å². The molecule has 0 radical (unpaired) electrons. The molecule has 2 aromatic rings. The first kappa shape index (κ1) is 11.6. The summed E-state index contributed by atoms with van der Waals surface area (Å²) in [6.45, 7) is 5.57. The third-order valence-corrected chi connectivity index (χ3v) is 2.24. The molecule has 4 nitrogen and oxygen atoms in total. The van der Waals surface area contributed by atoms with Gasteiger partial charge >= 0.3 is 5.97 Å². The number of aromatic nitrogens is 2. The van der Waals surface area contributed by atoms with Crippen molar-refractivity contribution < 1.29 is 9.53 Å². The van der Waals surface area contributed by atoms with Crippen LogP contribution in [0.4, 0.5) is 0 Å². The van der Waals surface area contributed by atoms with Crippen molar-refractivity contribution in [2.75, 3.05) is 0 Å². The van der Waals surface area contributed by atoms with Crippen LogP contribution in [-0.4, -0.2) is 21.0 Å². The first-order chi connectivity index (χ1) is 7.96. The number of ether oxygens (including phenoxy) is 1. The Balaban J connectivity index is 2.16. The van der Waals surface area contributed by atoms with Crippen LogP contribution in [0.5, 0.6) is 0 Å². The summed E-state index contributed by atoms with van der Waals surface area (Å²) in [6.07, 6.45) is 3.83. The number of imidazole rings is 1. The molecular formula is C13H16N2O2. The molecule has 4 heteroatoms. The number of rotatable bonds is 2. The molecule has 0 aliphatic rings. The molecule has 0 N–H and O–H groups in total. The molecule has 0 atom stereocenters. The quantitative estimate of drug-likeness (QED) is 0.746. The van der Waals surface area contributed by atoms with E-state index in [1.54, 1.807) is 6.20 Å². The fraction of sp³-hybridized carbons (Fsp3) is 0.385. The van der Waals surface area contributed by atoms with E-state index in [0.717, 1.165) is 5.52 Å². The average Bonchev–Trinajstić information content (AvgIpc) is 2.59. The van der Waals surface area contributed by atoms with E-state index in [2.05, 4.69) is 4.98 Å². The SMILES string of the molecule is CC(C)(C)OC(=O)Cc1ncc2ccccn12. The maximum atomic E-state index is 11.7. The van der Waals surface area contributed by atoms with Gasteiger partial charge in [-0.2, -0.15) is 0 Å². The summed E-state index contributed by atoms with van der Waals surface area (Å²) < 4.78 is 7.16. The summed E-state index contributed by atoms with van der Waals surface area (Å²) in [4.78, 5) is 15.9. The molecule has 0 aliphatic carbocycles. The molecule has 0 unspecified atom stereocenters. The molecule has 90 valence electrons. The Morgan fingerprint density at radius 3 is 2.88 bits per heavy atom. The van der Waals surface area contributed by atoms with Crippen molar-refractivity contribution in [2.45, 2.75) is 32.8 Å². The summed E-state index contributed by atoms with van der Waals surface area (Å²) in [7, 11) is 0. The van der Waals surface area contributed by atoms with E-state index >= 15 is 0 Å². The summed E-state index contributed by atoms with van der Waals surface area (Å²) in [5.74, 6) is 0.448. The molecule has 0 spiro atoms. The molecule has 0 bridgehead atoms. The Labute approximate surface area is 100 Å². The molecule has 0 aromatic carbocycles. The number of hydrogen-bond acceptors (Lipinski definition) is 3. The first-order valence-corrected chi connectivity index (χ1v) is 5.58. The van der Waals surface area contributed by atoms with Crippen LogP contribution >= 0.6 is 0 Å². The van der Waals surface area contributed by atoms with E-state index < -0.39 is 5.60 Å². The largest absolute Gasteiger partial charge is 0.460 e. The number of carbonyl (C=O) groups is 1. The highest BCUT2D eigenvalue weighted by molar-refractivity contribution is 5.72. The monoisotopic (exact) mass is 232 g/mol. The molecule has 2 rings (SSSR count). The topological polar surface area (TPSA) is 43.6 Å². The Kier molecular flexibility index (Phi) is 2.88. The Bertz CT molecular complexity index is 538. The van der Waals surface area contributed by atoms with Crippen LogP contribution < -0.4 is 0 Å². The highest BCUT2D eigenvalue weighted by Gasteiger charge is 2.18. The number of esters is 1. The highest BCUT2D eigenvalue weighted by atomic mass is 16.6. The lowest BCUT2D eigenvalue weighted by Gasteiger charge is -2.19. The van der Waals surface area contributed by atoms with E-state index in [9.17, 15) is 4.79 Å². The van der Waals surface area contributed by atoms with Gasteiger partial charge < -0.3 is 9.14 Å². The lowest BCUT2D eigenvalue weighted by Crippen LogP contribution is -2.25. The van der Waals surface area contributed by atoms with E-state index in [-0.39, 0.29) is 12.4 Å². The zero-order valence-electron chi connectivity index (χ0n) is 10.3. The minimum atomic E-state index is -0.454. The van der Waals surface area contributed by atoms with Crippen molar-refractivity contribution in [3.05, 3.63) is 36.4 Å². The van der Waals surface area contributed by atoms with Crippen molar-refractivity contribution in [3.63, 3.8) is 0 Å². The lowest BCUT2D eigenvalue weighted by molar-refractivity contribution is -0.154. The molecule has 17 heavy (non-hydrogen) atoms. The predicted molar refractivity (Wildman–Crippen MR) is 64.7 cm³/mol. The van der Waals surface area contributed by atoms with Gasteiger partial charge in [-0.15, -0.1) is 0 Å². The highest BCUT2D eigenvalue weighted by Crippen LogP contribution is 2.11. The van der Waals surface area contributed by atoms with Gasteiger partial charge in [0.1, 0.15) is 17.8 Å². The van der Waals surface area contributed by atoms with Crippen LogP contribution in [0.1, 0.15) is 26.6 Å². The first-order valence-electron chi connectivity index (χ1n) is 5.58. The molecule has 0 saturated carbocycles. The molecule has 0 saturated heterocycles. The van der Waals surface area contributed by atoms with Gasteiger partial charge in [-0.25, -0.2) is 4.98 Å². The summed E-state index contributed by atoms with van der Waals surface area (Å²) in [5.41, 5.74) is 0.524. The smallest absolute Gasteiger partial charge is 0.313 e. The van der Waals surface area contributed by atoms with E-state index in [0.29, 0.717) is 5.82 Å². The fourth-order valence-electron chi connectivity index (χ4n) is 1.64. The number of hydrogen-bond donors (Lipinski definition) is 0. The van der Waals surface area contributed by atoms with Gasteiger partial charge in [0.15, 0.2) is 0 Å². The molecule has 2 heterocycles. The van der Waals surface area contributed by atoms with E-state index in [1.165, 1.54) is 0 Å². The Hall–Kier alpha value is -1.84. The van der Waals surface area contributed by atoms with Crippen LogP contribution in [0.3, 0.4) is 0 Å². The lowest BCUT2D eigenvalue weighted by atomic mass is 10.2. The maximum Gasteiger partial charge on any atom is 0.313 e. The minimum absolute atomic E-state index is 0.190. The second-order valence-corrected chi connectivity index (χ2v) is 4.93. The van der Waals surface area contributed by atoms with E-state index in [1.807, 2.05) is 49.6 Å². The third kappa shape index (κ3) is 2.84.